The fourth-order valence-electron chi connectivity index (χ4n) is 8.56. The fraction of sp³-hybridized carbons (Fsp3) is 0. The van der Waals surface area contributed by atoms with Crippen LogP contribution in [0.2, 0.25) is 0 Å². The van der Waals surface area contributed by atoms with Crippen molar-refractivity contribution in [3.63, 3.8) is 0 Å². The van der Waals surface area contributed by atoms with Gasteiger partial charge in [0.25, 0.3) is 0 Å². The second-order valence-corrected chi connectivity index (χ2v) is 14.1. The van der Waals surface area contributed by atoms with E-state index in [1.807, 2.05) is 6.07 Å². The zero-order valence-corrected chi connectivity index (χ0v) is 29.9. The molecule has 0 radical (unpaired) electrons. The largest absolute Gasteiger partial charge is 0.454 e. The standard InChI is InChI=1S/C52H34N2O/c1-2-16-35(17-3-1)37-19-14-20-38(34-37)53(49-30-15-26-43-42-24-9-13-31-50(42)55-52(43)49)47-29-12-8-25-44(47)51-39-21-5-4-18-36(39)32-33-48(51)54-45-27-10-6-22-40(45)41-23-7-11-28-46(41)54/h1-34H. The molecule has 0 atom stereocenters. The number of aromatic nitrogens is 1. The topological polar surface area (TPSA) is 21.3 Å². The zero-order valence-electron chi connectivity index (χ0n) is 29.9. The second kappa shape index (κ2) is 12.6. The van der Waals surface area contributed by atoms with Gasteiger partial charge in [-0.15, -0.1) is 0 Å². The highest BCUT2D eigenvalue weighted by molar-refractivity contribution is 6.14. The van der Waals surface area contributed by atoms with Crippen molar-refractivity contribution in [2.75, 3.05) is 4.90 Å². The van der Waals surface area contributed by atoms with E-state index in [4.69, 9.17) is 4.42 Å². The van der Waals surface area contributed by atoms with Crippen LogP contribution in [-0.2, 0) is 0 Å². The predicted octanol–water partition coefficient (Wildman–Crippen LogP) is 14.6. The van der Waals surface area contributed by atoms with Crippen molar-refractivity contribution in [1.29, 1.82) is 0 Å². The maximum Gasteiger partial charge on any atom is 0.159 e. The monoisotopic (exact) mass is 702 g/mol. The van der Waals surface area contributed by atoms with Crippen LogP contribution in [0.4, 0.5) is 17.1 Å². The molecule has 0 N–H and O–H groups in total. The minimum Gasteiger partial charge on any atom is -0.454 e. The highest BCUT2D eigenvalue weighted by Gasteiger charge is 2.25. The molecule has 0 unspecified atom stereocenters. The van der Waals surface area contributed by atoms with Crippen LogP contribution < -0.4 is 4.90 Å². The number of furan rings is 1. The first-order valence-electron chi connectivity index (χ1n) is 18.8. The summed E-state index contributed by atoms with van der Waals surface area (Å²) in [5, 5.41) is 7.05. The molecule has 0 fully saturated rings. The molecule has 0 bridgehead atoms. The molecule has 0 saturated heterocycles. The van der Waals surface area contributed by atoms with Crippen molar-refractivity contribution in [3.8, 4) is 27.9 Å². The minimum atomic E-state index is 0.851. The van der Waals surface area contributed by atoms with Gasteiger partial charge in [0.05, 0.1) is 28.1 Å². The molecule has 2 aromatic heterocycles. The third kappa shape index (κ3) is 4.98. The van der Waals surface area contributed by atoms with E-state index in [2.05, 4.69) is 210 Å². The second-order valence-electron chi connectivity index (χ2n) is 14.1. The molecule has 3 heteroatoms. The van der Waals surface area contributed by atoms with Crippen molar-refractivity contribution in [2.24, 2.45) is 0 Å². The molecule has 0 spiro atoms. The molecule has 0 aliphatic heterocycles. The Kier molecular flexibility index (Phi) is 7.17. The highest BCUT2D eigenvalue weighted by atomic mass is 16.3. The molecule has 3 nitrogen and oxygen atoms in total. The molecule has 0 aliphatic carbocycles. The van der Waals surface area contributed by atoms with Gasteiger partial charge in [0.2, 0.25) is 0 Å². The third-order valence-electron chi connectivity index (χ3n) is 11.0. The van der Waals surface area contributed by atoms with Crippen LogP contribution in [0.5, 0.6) is 0 Å². The Balaban J connectivity index is 1.24. The number of hydrogen-bond acceptors (Lipinski definition) is 2. The summed E-state index contributed by atoms with van der Waals surface area (Å²) in [6, 6.07) is 74.0. The lowest BCUT2D eigenvalue weighted by Gasteiger charge is -2.29. The summed E-state index contributed by atoms with van der Waals surface area (Å²) in [6.45, 7) is 0. The molecule has 258 valence electrons. The van der Waals surface area contributed by atoms with Crippen LogP contribution in [0.1, 0.15) is 0 Å². The summed E-state index contributed by atoms with van der Waals surface area (Å²) in [6.07, 6.45) is 0. The number of para-hydroxylation sites is 5. The van der Waals surface area contributed by atoms with E-state index >= 15 is 0 Å². The molecule has 2 heterocycles. The maximum absolute atomic E-state index is 6.77. The lowest BCUT2D eigenvalue weighted by molar-refractivity contribution is 0.669. The van der Waals surface area contributed by atoms with E-state index in [0.717, 1.165) is 55.8 Å². The lowest BCUT2D eigenvalue weighted by atomic mass is 9.93. The van der Waals surface area contributed by atoms with E-state index in [1.165, 1.54) is 43.7 Å². The van der Waals surface area contributed by atoms with Gasteiger partial charge in [0, 0.05) is 38.4 Å². The highest BCUT2D eigenvalue weighted by Crippen LogP contribution is 2.49. The van der Waals surface area contributed by atoms with Crippen LogP contribution in [0.3, 0.4) is 0 Å². The van der Waals surface area contributed by atoms with Crippen molar-refractivity contribution in [2.45, 2.75) is 0 Å². The van der Waals surface area contributed by atoms with Crippen LogP contribution in [-0.4, -0.2) is 4.57 Å². The van der Waals surface area contributed by atoms with Gasteiger partial charge in [-0.1, -0.05) is 158 Å². The molecule has 11 rings (SSSR count). The first-order valence-corrected chi connectivity index (χ1v) is 18.8. The number of fused-ring (bicyclic) bond motifs is 7. The van der Waals surface area contributed by atoms with Crippen molar-refractivity contribution in [1.82, 2.24) is 4.57 Å². The molecule has 9 aromatic carbocycles. The summed E-state index contributed by atoms with van der Waals surface area (Å²) in [5.41, 5.74) is 12.9. The van der Waals surface area contributed by atoms with Gasteiger partial charge >= 0.3 is 0 Å². The van der Waals surface area contributed by atoms with Gasteiger partial charge in [-0.3, -0.25) is 0 Å². The lowest BCUT2D eigenvalue weighted by Crippen LogP contribution is -2.12. The maximum atomic E-state index is 6.77. The minimum absolute atomic E-state index is 0.851. The van der Waals surface area contributed by atoms with Gasteiger partial charge in [-0.2, -0.15) is 0 Å². The summed E-state index contributed by atoms with van der Waals surface area (Å²) >= 11 is 0. The summed E-state index contributed by atoms with van der Waals surface area (Å²) in [5.74, 6) is 0. The van der Waals surface area contributed by atoms with Gasteiger partial charge < -0.3 is 13.9 Å². The number of nitrogens with zero attached hydrogens (tertiary/aromatic N) is 2. The SMILES string of the molecule is c1ccc(-c2cccc(N(c3ccccc3-c3c(-n4c5ccccc5c5ccccc54)ccc4ccccc34)c3cccc4c3oc3ccccc34)c2)cc1. The first kappa shape index (κ1) is 31.2. The quantitative estimate of drug-likeness (QED) is 0.172. The normalized spacial score (nSPS) is 11.6. The molecule has 0 amide bonds. The zero-order chi connectivity index (χ0) is 36.3. The number of anilines is 3. The first-order chi connectivity index (χ1) is 27.3. The smallest absolute Gasteiger partial charge is 0.159 e. The van der Waals surface area contributed by atoms with E-state index in [-0.39, 0.29) is 0 Å². The average molecular weight is 703 g/mol. The van der Waals surface area contributed by atoms with E-state index in [0.29, 0.717) is 0 Å². The Labute approximate surface area is 318 Å². The van der Waals surface area contributed by atoms with Crippen LogP contribution in [0.15, 0.2) is 211 Å². The van der Waals surface area contributed by atoms with Gasteiger partial charge in [0.15, 0.2) is 5.58 Å². The average Bonchev–Trinajstić information content (AvgIpc) is 3.81. The summed E-state index contributed by atoms with van der Waals surface area (Å²) in [7, 11) is 0. The van der Waals surface area contributed by atoms with Crippen LogP contribution in [0.25, 0.3) is 82.5 Å². The Morgan fingerprint density at radius 1 is 0.400 bits per heavy atom. The third-order valence-corrected chi connectivity index (χ3v) is 11.0. The molecular formula is C52H34N2O. The van der Waals surface area contributed by atoms with Crippen molar-refractivity contribution >= 4 is 71.6 Å². The fourth-order valence-corrected chi connectivity index (χ4v) is 8.56. The Morgan fingerprint density at radius 2 is 1.00 bits per heavy atom. The van der Waals surface area contributed by atoms with E-state index in [1.54, 1.807) is 0 Å². The number of hydrogen-bond donors (Lipinski definition) is 0. The Morgan fingerprint density at radius 3 is 1.82 bits per heavy atom. The number of benzene rings is 9. The van der Waals surface area contributed by atoms with Gasteiger partial charge in [0.1, 0.15) is 5.58 Å². The van der Waals surface area contributed by atoms with E-state index < -0.39 is 0 Å². The molecule has 0 saturated carbocycles. The van der Waals surface area contributed by atoms with Crippen LogP contribution in [0, 0.1) is 0 Å². The molecular weight excluding hydrogens is 669 g/mol. The molecule has 0 aliphatic rings. The Bertz CT molecular complexity index is 3170. The summed E-state index contributed by atoms with van der Waals surface area (Å²) in [4.78, 5) is 2.39. The van der Waals surface area contributed by atoms with Crippen molar-refractivity contribution < 1.29 is 4.42 Å². The predicted molar refractivity (Wildman–Crippen MR) is 231 cm³/mol. The van der Waals surface area contributed by atoms with Gasteiger partial charge in [-0.05, 0) is 70.4 Å². The van der Waals surface area contributed by atoms with Gasteiger partial charge in [-0.25, -0.2) is 0 Å². The molecule has 11 aromatic rings. The van der Waals surface area contributed by atoms with Crippen molar-refractivity contribution in [3.05, 3.63) is 206 Å². The Hall–Kier alpha value is -7.36. The molecule has 55 heavy (non-hydrogen) atoms. The summed E-state index contributed by atoms with van der Waals surface area (Å²) < 4.78 is 9.22. The van der Waals surface area contributed by atoms with Crippen LogP contribution >= 0.6 is 0 Å². The van der Waals surface area contributed by atoms with E-state index in [9.17, 15) is 0 Å². The number of rotatable bonds is 6.